The lowest BCUT2D eigenvalue weighted by molar-refractivity contribution is 0.414. The summed E-state index contributed by atoms with van der Waals surface area (Å²) in [6, 6.07) is 0. The van der Waals surface area contributed by atoms with Crippen LogP contribution in [0.3, 0.4) is 0 Å². The molecule has 2 saturated heterocycles. The van der Waals surface area contributed by atoms with Gasteiger partial charge in [-0.2, -0.15) is 0 Å². The maximum absolute atomic E-state index is 3.57. The first-order chi connectivity index (χ1) is 4.41. The summed E-state index contributed by atoms with van der Waals surface area (Å²) in [7, 11) is 0. The second-order valence-electron chi connectivity index (χ2n) is 3.24. The maximum atomic E-state index is 3.57. The van der Waals surface area contributed by atoms with Gasteiger partial charge in [-0.25, -0.2) is 0 Å². The summed E-state index contributed by atoms with van der Waals surface area (Å²) in [6.07, 6.45) is 4.11. The van der Waals surface area contributed by atoms with E-state index < -0.39 is 0 Å². The van der Waals surface area contributed by atoms with E-state index >= 15 is 0 Å². The molecule has 2 rings (SSSR count). The van der Waals surface area contributed by atoms with Crippen LogP contribution in [0.2, 0.25) is 0 Å². The molecule has 2 heterocycles. The van der Waals surface area contributed by atoms with E-state index in [4.69, 9.17) is 0 Å². The van der Waals surface area contributed by atoms with Gasteiger partial charge in [-0.3, -0.25) is 0 Å². The van der Waals surface area contributed by atoms with Crippen LogP contribution in [0.15, 0.2) is 0 Å². The van der Waals surface area contributed by atoms with Crippen LogP contribution >= 0.6 is 0 Å². The molecule has 0 aliphatic carbocycles. The molecule has 2 N–H and O–H groups in total. The molecule has 0 radical (unpaired) electrons. The van der Waals surface area contributed by atoms with Crippen LogP contribution in [0.5, 0.6) is 0 Å². The zero-order valence-electron chi connectivity index (χ0n) is 5.74. The molecule has 10 heavy (non-hydrogen) atoms. The number of rotatable bonds is 0. The fraction of sp³-hybridized carbons (Fsp3) is 1.00. The first-order valence-electron chi connectivity index (χ1n) is 3.87. The molecule has 2 aliphatic heterocycles. The SMILES string of the molecule is C.C1CNC2(C1)CCNC2. The van der Waals surface area contributed by atoms with Gasteiger partial charge in [0.25, 0.3) is 0 Å². The summed E-state index contributed by atoms with van der Waals surface area (Å²) in [4.78, 5) is 0. The summed E-state index contributed by atoms with van der Waals surface area (Å²) >= 11 is 0. The third-order valence-electron chi connectivity index (χ3n) is 2.58. The first-order valence-corrected chi connectivity index (χ1v) is 3.87. The molecule has 0 bridgehead atoms. The third-order valence-corrected chi connectivity index (χ3v) is 2.58. The van der Waals surface area contributed by atoms with E-state index in [0.29, 0.717) is 5.54 Å². The highest BCUT2D eigenvalue weighted by atomic mass is 15.1. The average molecular weight is 142 g/mol. The third kappa shape index (κ3) is 1.18. The minimum absolute atomic E-state index is 0. The fourth-order valence-corrected chi connectivity index (χ4v) is 1.98. The molecule has 2 fully saturated rings. The van der Waals surface area contributed by atoms with Gasteiger partial charge in [-0.1, -0.05) is 7.43 Å². The van der Waals surface area contributed by atoms with E-state index in [-0.39, 0.29) is 7.43 Å². The molecule has 1 unspecified atom stereocenters. The lowest BCUT2D eigenvalue weighted by Gasteiger charge is -2.21. The molecule has 0 saturated carbocycles. The molecule has 60 valence electrons. The topological polar surface area (TPSA) is 24.1 Å². The highest BCUT2D eigenvalue weighted by Crippen LogP contribution is 2.24. The minimum atomic E-state index is 0. The molecular formula is C8H18N2. The van der Waals surface area contributed by atoms with E-state index in [2.05, 4.69) is 10.6 Å². The summed E-state index contributed by atoms with van der Waals surface area (Å²) in [5.74, 6) is 0. The quantitative estimate of drug-likeness (QED) is 0.521. The number of hydrogen-bond acceptors (Lipinski definition) is 2. The molecule has 0 amide bonds. The molecule has 1 spiro atoms. The van der Waals surface area contributed by atoms with Crippen molar-refractivity contribution in [1.29, 1.82) is 0 Å². The van der Waals surface area contributed by atoms with Crippen molar-refractivity contribution >= 4 is 0 Å². The second-order valence-corrected chi connectivity index (χ2v) is 3.24. The number of hydrogen-bond donors (Lipinski definition) is 2. The Morgan fingerprint density at radius 3 is 2.50 bits per heavy atom. The Morgan fingerprint density at radius 1 is 1.10 bits per heavy atom. The van der Waals surface area contributed by atoms with E-state index in [1.54, 1.807) is 0 Å². The van der Waals surface area contributed by atoms with Gasteiger partial charge in [0, 0.05) is 12.1 Å². The van der Waals surface area contributed by atoms with Crippen LogP contribution < -0.4 is 10.6 Å². The van der Waals surface area contributed by atoms with Gasteiger partial charge in [0.05, 0.1) is 0 Å². The molecule has 2 heteroatoms. The highest BCUT2D eigenvalue weighted by molar-refractivity contribution is 4.98. The van der Waals surface area contributed by atoms with Gasteiger partial charge in [0.1, 0.15) is 0 Å². The molecule has 2 nitrogen and oxygen atoms in total. The van der Waals surface area contributed by atoms with E-state index in [1.165, 1.54) is 38.9 Å². The molecule has 0 aromatic heterocycles. The Balaban J connectivity index is 0.000000500. The smallest absolute Gasteiger partial charge is 0.0318 e. The second kappa shape index (κ2) is 2.89. The Bertz CT molecular complexity index is 82.3. The molecule has 1 atom stereocenters. The van der Waals surface area contributed by atoms with Gasteiger partial charge in [0.2, 0.25) is 0 Å². The van der Waals surface area contributed by atoms with Gasteiger partial charge >= 0.3 is 0 Å². The highest BCUT2D eigenvalue weighted by Gasteiger charge is 2.35. The van der Waals surface area contributed by atoms with Crippen molar-refractivity contribution in [2.75, 3.05) is 19.6 Å². The Hall–Kier alpha value is -0.0800. The van der Waals surface area contributed by atoms with Crippen LogP contribution in [0, 0.1) is 0 Å². The maximum Gasteiger partial charge on any atom is 0.0318 e. The zero-order valence-corrected chi connectivity index (χ0v) is 5.74. The zero-order chi connectivity index (χ0) is 6.16. The van der Waals surface area contributed by atoms with Crippen molar-refractivity contribution in [3.05, 3.63) is 0 Å². The van der Waals surface area contributed by atoms with Crippen LogP contribution in [0.1, 0.15) is 26.7 Å². The summed E-state index contributed by atoms with van der Waals surface area (Å²) in [6.45, 7) is 3.65. The molecule has 0 aromatic rings. The van der Waals surface area contributed by atoms with Crippen molar-refractivity contribution in [3.63, 3.8) is 0 Å². The average Bonchev–Trinajstić information content (AvgIpc) is 2.45. The molecule has 0 aromatic carbocycles. The first kappa shape index (κ1) is 8.02. The molecule has 2 aliphatic rings. The predicted octanol–water partition coefficient (Wildman–Crippen LogP) is 0.738. The summed E-state index contributed by atoms with van der Waals surface area (Å²) < 4.78 is 0. The predicted molar refractivity (Wildman–Crippen MR) is 44.2 cm³/mol. The Labute approximate surface area is 63.4 Å². The van der Waals surface area contributed by atoms with Crippen LogP contribution in [-0.4, -0.2) is 25.2 Å². The van der Waals surface area contributed by atoms with Crippen LogP contribution in [0.25, 0.3) is 0 Å². The number of nitrogens with one attached hydrogen (secondary N) is 2. The Morgan fingerprint density at radius 2 is 2.00 bits per heavy atom. The van der Waals surface area contributed by atoms with E-state index in [1.807, 2.05) is 0 Å². The standard InChI is InChI=1S/C7H14N2.CH4/c1-2-7(9-4-1)3-5-8-6-7;/h8-9H,1-6H2;1H4. The van der Waals surface area contributed by atoms with E-state index in [9.17, 15) is 0 Å². The molecular weight excluding hydrogens is 124 g/mol. The summed E-state index contributed by atoms with van der Waals surface area (Å²) in [5, 5.41) is 6.96. The van der Waals surface area contributed by atoms with E-state index in [0.717, 1.165) is 0 Å². The van der Waals surface area contributed by atoms with Crippen molar-refractivity contribution < 1.29 is 0 Å². The van der Waals surface area contributed by atoms with Crippen LogP contribution in [-0.2, 0) is 0 Å². The van der Waals surface area contributed by atoms with Gasteiger partial charge in [-0.05, 0) is 32.4 Å². The van der Waals surface area contributed by atoms with Crippen molar-refractivity contribution in [2.24, 2.45) is 0 Å². The van der Waals surface area contributed by atoms with Crippen molar-refractivity contribution in [1.82, 2.24) is 10.6 Å². The summed E-state index contributed by atoms with van der Waals surface area (Å²) in [5.41, 5.74) is 0.528. The lowest BCUT2D eigenvalue weighted by atomic mass is 9.97. The minimum Gasteiger partial charge on any atom is -0.315 e. The van der Waals surface area contributed by atoms with Crippen molar-refractivity contribution in [3.8, 4) is 0 Å². The van der Waals surface area contributed by atoms with Crippen LogP contribution in [0.4, 0.5) is 0 Å². The Kier molecular flexibility index (Phi) is 2.32. The van der Waals surface area contributed by atoms with Gasteiger partial charge in [-0.15, -0.1) is 0 Å². The monoisotopic (exact) mass is 142 g/mol. The normalized spacial score (nSPS) is 38.4. The fourth-order valence-electron chi connectivity index (χ4n) is 1.98. The van der Waals surface area contributed by atoms with Gasteiger partial charge in [0.15, 0.2) is 0 Å². The lowest BCUT2D eigenvalue weighted by Crippen LogP contribution is -2.41. The largest absolute Gasteiger partial charge is 0.315 e. The van der Waals surface area contributed by atoms with Gasteiger partial charge < -0.3 is 10.6 Å². The van der Waals surface area contributed by atoms with Crippen molar-refractivity contribution in [2.45, 2.75) is 32.2 Å².